The van der Waals surface area contributed by atoms with Crippen molar-refractivity contribution >= 4 is 0 Å². The predicted octanol–water partition coefficient (Wildman–Crippen LogP) is 3.29. The summed E-state index contributed by atoms with van der Waals surface area (Å²) in [5.74, 6) is 12.2. The molecule has 0 aromatic carbocycles. The third-order valence-electron chi connectivity index (χ3n) is 2.06. The maximum absolute atomic E-state index is 3.12. The van der Waals surface area contributed by atoms with E-state index in [1.807, 2.05) is 12.2 Å². The Hall–Kier alpha value is -1.14. The van der Waals surface area contributed by atoms with E-state index in [4.69, 9.17) is 0 Å². The standard InChI is InChI=1S/C13H16/c1-2-4-6-8-10-12-13-11-9-7-5-3-1/h1-2H,7-13H2/b2-1+. The number of rotatable bonds is 0. The molecule has 0 fully saturated rings. The van der Waals surface area contributed by atoms with Crippen molar-refractivity contribution in [2.45, 2.75) is 44.9 Å². The first-order chi connectivity index (χ1) is 6.50. The normalized spacial score (nSPS) is 20.3. The highest BCUT2D eigenvalue weighted by Gasteiger charge is 1.88. The summed E-state index contributed by atoms with van der Waals surface area (Å²) in [6, 6.07) is 0. The highest BCUT2D eigenvalue weighted by Crippen LogP contribution is 2.06. The summed E-state index contributed by atoms with van der Waals surface area (Å²) in [5.41, 5.74) is 0. The van der Waals surface area contributed by atoms with Gasteiger partial charge < -0.3 is 0 Å². The van der Waals surface area contributed by atoms with E-state index in [9.17, 15) is 0 Å². The maximum Gasteiger partial charge on any atom is 0.00922 e. The average molecular weight is 172 g/mol. The second-order valence-corrected chi connectivity index (χ2v) is 3.24. The largest absolute Gasteiger partial charge is 0.0985 e. The Labute approximate surface area is 81.4 Å². The molecule has 0 nitrogen and oxygen atoms in total. The van der Waals surface area contributed by atoms with Crippen molar-refractivity contribution in [1.29, 1.82) is 0 Å². The Kier molecular flexibility index (Phi) is 5.74. The van der Waals surface area contributed by atoms with Crippen molar-refractivity contribution in [3.05, 3.63) is 12.2 Å². The van der Waals surface area contributed by atoms with Crippen LogP contribution in [0, 0.1) is 23.7 Å². The monoisotopic (exact) mass is 172 g/mol. The van der Waals surface area contributed by atoms with Gasteiger partial charge in [-0.2, -0.15) is 0 Å². The Bertz CT molecular complexity index is 234. The van der Waals surface area contributed by atoms with Crippen LogP contribution in [0.15, 0.2) is 12.2 Å². The minimum atomic E-state index is 1.04. The lowest BCUT2D eigenvalue weighted by Gasteiger charge is -1.95. The molecule has 0 bridgehead atoms. The van der Waals surface area contributed by atoms with Gasteiger partial charge in [0.2, 0.25) is 0 Å². The lowest BCUT2D eigenvalue weighted by Crippen LogP contribution is -1.78. The molecular weight excluding hydrogens is 156 g/mol. The molecule has 1 aliphatic carbocycles. The molecule has 0 amide bonds. The van der Waals surface area contributed by atoms with Crippen LogP contribution in [0.5, 0.6) is 0 Å². The van der Waals surface area contributed by atoms with Gasteiger partial charge in [-0.05, 0) is 25.0 Å². The van der Waals surface area contributed by atoms with Gasteiger partial charge in [-0.1, -0.05) is 42.9 Å². The summed E-state index contributed by atoms with van der Waals surface area (Å²) in [4.78, 5) is 0. The Morgan fingerprint density at radius 1 is 0.615 bits per heavy atom. The van der Waals surface area contributed by atoms with E-state index in [-0.39, 0.29) is 0 Å². The maximum atomic E-state index is 3.12. The molecule has 0 aliphatic heterocycles. The summed E-state index contributed by atoms with van der Waals surface area (Å²) < 4.78 is 0. The highest BCUT2D eigenvalue weighted by molar-refractivity contribution is 5.24. The molecule has 0 heterocycles. The summed E-state index contributed by atoms with van der Waals surface area (Å²) in [6.07, 6.45) is 12.3. The van der Waals surface area contributed by atoms with Gasteiger partial charge in [0.05, 0.1) is 0 Å². The fourth-order valence-electron chi connectivity index (χ4n) is 1.30. The fraction of sp³-hybridized carbons (Fsp3) is 0.538. The Balaban J connectivity index is 2.38. The Morgan fingerprint density at radius 3 is 1.62 bits per heavy atom. The van der Waals surface area contributed by atoms with Gasteiger partial charge in [0.25, 0.3) is 0 Å². The van der Waals surface area contributed by atoms with Crippen molar-refractivity contribution < 1.29 is 0 Å². The van der Waals surface area contributed by atoms with Gasteiger partial charge in [0, 0.05) is 12.8 Å². The minimum absolute atomic E-state index is 1.04. The van der Waals surface area contributed by atoms with Gasteiger partial charge in [-0.15, -0.1) is 0 Å². The molecule has 0 N–H and O–H groups in total. The molecule has 0 unspecified atom stereocenters. The zero-order chi connectivity index (χ0) is 9.19. The molecular formula is C13H16. The molecule has 0 atom stereocenters. The molecule has 0 saturated carbocycles. The van der Waals surface area contributed by atoms with Crippen LogP contribution >= 0.6 is 0 Å². The van der Waals surface area contributed by atoms with E-state index in [2.05, 4.69) is 23.7 Å². The first kappa shape index (κ1) is 9.94. The molecule has 0 aromatic rings. The summed E-state index contributed by atoms with van der Waals surface area (Å²) >= 11 is 0. The summed E-state index contributed by atoms with van der Waals surface area (Å²) in [6.45, 7) is 0. The van der Waals surface area contributed by atoms with Crippen LogP contribution < -0.4 is 0 Å². The van der Waals surface area contributed by atoms with Crippen LogP contribution in [0.4, 0.5) is 0 Å². The number of allylic oxidation sites excluding steroid dienone is 2. The number of hydrogen-bond donors (Lipinski definition) is 0. The third-order valence-corrected chi connectivity index (χ3v) is 2.06. The average Bonchev–Trinajstić information content (AvgIpc) is 2.18. The van der Waals surface area contributed by atoms with Crippen LogP contribution in [0.25, 0.3) is 0 Å². The first-order valence-corrected chi connectivity index (χ1v) is 5.12. The van der Waals surface area contributed by atoms with Crippen molar-refractivity contribution in [2.75, 3.05) is 0 Å². The predicted molar refractivity (Wildman–Crippen MR) is 57.0 cm³/mol. The Morgan fingerprint density at radius 2 is 1.08 bits per heavy atom. The van der Waals surface area contributed by atoms with Crippen molar-refractivity contribution in [3.63, 3.8) is 0 Å². The van der Waals surface area contributed by atoms with E-state index in [0.717, 1.165) is 12.8 Å². The van der Waals surface area contributed by atoms with Crippen molar-refractivity contribution in [3.8, 4) is 23.7 Å². The van der Waals surface area contributed by atoms with Crippen LogP contribution in [-0.4, -0.2) is 0 Å². The molecule has 0 aromatic heterocycles. The van der Waals surface area contributed by atoms with Crippen molar-refractivity contribution in [2.24, 2.45) is 0 Å². The molecule has 0 saturated heterocycles. The summed E-state index contributed by atoms with van der Waals surface area (Å²) in [7, 11) is 0. The smallest absolute Gasteiger partial charge is 0.00922 e. The van der Waals surface area contributed by atoms with Gasteiger partial charge in [-0.3, -0.25) is 0 Å². The van der Waals surface area contributed by atoms with E-state index in [1.165, 1.54) is 32.1 Å². The molecule has 0 radical (unpaired) electrons. The molecule has 1 aliphatic rings. The van der Waals surface area contributed by atoms with E-state index in [0.29, 0.717) is 0 Å². The topological polar surface area (TPSA) is 0 Å². The minimum Gasteiger partial charge on any atom is -0.0985 e. The van der Waals surface area contributed by atoms with Gasteiger partial charge in [0.1, 0.15) is 0 Å². The molecule has 1 rings (SSSR count). The highest BCUT2D eigenvalue weighted by atomic mass is 13.9. The van der Waals surface area contributed by atoms with Gasteiger partial charge >= 0.3 is 0 Å². The molecule has 0 heteroatoms. The van der Waals surface area contributed by atoms with E-state index >= 15 is 0 Å². The SMILES string of the molecule is C1#CCCCCCCCC#C/C=C/1. The molecule has 68 valence electrons. The lowest BCUT2D eigenvalue weighted by molar-refractivity contribution is 0.628. The van der Waals surface area contributed by atoms with Crippen LogP contribution in [-0.2, 0) is 0 Å². The third kappa shape index (κ3) is 6.06. The first-order valence-electron chi connectivity index (χ1n) is 5.12. The summed E-state index contributed by atoms with van der Waals surface area (Å²) in [5, 5.41) is 0. The van der Waals surface area contributed by atoms with Gasteiger partial charge in [0.15, 0.2) is 0 Å². The quantitative estimate of drug-likeness (QED) is 0.492. The lowest BCUT2D eigenvalue weighted by atomic mass is 10.1. The van der Waals surface area contributed by atoms with E-state index in [1.54, 1.807) is 0 Å². The second kappa shape index (κ2) is 7.51. The number of hydrogen-bond acceptors (Lipinski definition) is 0. The van der Waals surface area contributed by atoms with E-state index < -0.39 is 0 Å². The molecule has 0 spiro atoms. The zero-order valence-electron chi connectivity index (χ0n) is 8.10. The van der Waals surface area contributed by atoms with Crippen LogP contribution in [0.2, 0.25) is 0 Å². The van der Waals surface area contributed by atoms with Crippen LogP contribution in [0.3, 0.4) is 0 Å². The van der Waals surface area contributed by atoms with Crippen molar-refractivity contribution in [1.82, 2.24) is 0 Å². The zero-order valence-corrected chi connectivity index (χ0v) is 8.10. The second-order valence-electron chi connectivity index (χ2n) is 3.24. The van der Waals surface area contributed by atoms with Crippen LogP contribution in [0.1, 0.15) is 44.9 Å². The molecule has 13 heavy (non-hydrogen) atoms. The fourth-order valence-corrected chi connectivity index (χ4v) is 1.30. The van der Waals surface area contributed by atoms with Gasteiger partial charge in [-0.25, -0.2) is 0 Å².